The normalized spacial score (nSPS) is 22.2. The lowest BCUT2D eigenvalue weighted by molar-refractivity contribution is -0.131. The van der Waals surface area contributed by atoms with Gasteiger partial charge in [-0.1, -0.05) is 18.2 Å². The average molecular weight is 551 g/mol. The Morgan fingerprint density at radius 1 is 1.14 bits per heavy atom. The molecular weight excluding hydrogens is 512 g/mol. The third-order valence-corrected chi connectivity index (χ3v) is 10.4. The largest absolute Gasteiger partial charge is 0.386 e. The summed E-state index contributed by atoms with van der Waals surface area (Å²) in [5.74, 6) is 0.0464. The molecule has 2 atom stereocenters. The molecule has 0 saturated carbocycles. The molecule has 37 heavy (non-hydrogen) atoms. The number of ether oxygens (including phenoxy) is 1. The fourth-order valence-corrected chi connectivity index (χ4v) is 7.52. The molecule has 4 rings (SSSR count). The Balaban J connectivity index is 1.60. The highest BCUT2D eigenvalue weighted by Gasteiger charge is 2.37. The van der Waals surface area contributed by atoms with Gasteiger partial charge < -0.3 is 19.6 Å². The van der Waals surface area contributed by atoms with Crippen molar-refractivity contribution in [1.82, 2.24) is 14.1 Å². The number of nitrogens with zero attached hydrogens (tertiary/aromatic N) is 4. The number of hydrogen-bond donors (Lipinski definition) is 1. The number of anilines is 1. The molecule has 0 aliphatic carbocycles. The van der Waals surface area contributed by atoms with Crippen molar-refractivity contribution in [2.75, 3.05) is 64.9 Å². The third-order valence-electron chi connectivity index (χ3n) is 7.14. The lowest BCUT2D eigenvalue weighted by Crippen LogP contribution is -2.60. The molecule has 204 valence electrons. The van der Waals surface area contributed by atoms with E-state index in [2.05, 4.69) is 9.80 Å². The molecule has 9 nitrogen and oxygen atoms in total. The van der Waals surface area contributed by atoms with E-state index in [9.17, 15) is 18.3 Å². The topological polar surface area (TPSA) is 93.6 Å². The van der Waals surface area contributed by atoms with Crippen LogP contribution in [0, 0.1) is 0 Å². The molecule has 1 aromatic heterocycles. The lowest BCUT2D eigenvalue weighted by Gasteiger charge is -2.46. The van der Waals surface area contributed by atoms with Crippen molar-refractivity contribution in [2.24, 2.45) is 0 Å². The van der Waals surface area contributed by atoms with Crippen molar-refractivity contribution in [2.45, 2.75) is 42.2 Å². The SMILES string of the molecule is CN(C)C(=O)CC1COCCN1C[C@H]1CN(S(=O)(=O)c2cccs2)CCN1c1ccc(C(C)(C)O)cc1. The lowest BCUT2D eigenvalue weighted by atomic mass is 9.98. The Morgan fingerprint density at radius 3 is 2.49 bits per heavy atom. The highest BCUT2D eigenvalue weighted by atomic mass is 32.2. The third kappa shape index (κ3) is 6.52. The van der Waals surface area contributed by atoms with E-state index >= 15 is 0 Å². The van der Waals surface area contributed by atoms with Gasteiger partial charge in [-0.3, -0.25) is 9.69 Å². The van der Waals surface area contributed by atoms with Crippen molar-refractivity contribution in [1.29, 1.82) is 0 Å². The van der Waals surface area contributed by atoms with Gasteiger partial charge in [-0.2, -0.15) is 4.31 Å². The van der Waals surface area contributed by atoms with Crippen LogP contribution < -0.4 is 4.90 Å². The molecule has 1 N–H and O–H groups in total. The number of benzene rings is 1. The second-order valence-electron chi connectivity index (χ2n) is 10.5. The van der Waals surface area contributed by atoms with Crippen molar-refractivity contribution >= 4 is 33.0 Å². The van der Waals surface area contributed by atoms with Gasteiger partial charge in [-0.25, -0.2) is 8.42 Å². The standard InChI is InChI=1S/C26H38N4O5S2/c1-26(2,32)20-7-9-21(10-8-20)30-12-11-29(37(33,34)25-6-5-15-36-25)18-23(30)17-28-13-14-35-19-22(28)16-24(31)27(3)4/h5-10,15,22-23,32H,11-14,16-19H2,1-4H3/t22?,23-/m0/s1. The Labute approximate surface area is 224 Å². The van der Waals surface area contributed by atoms with E-state index in [-0.39, 0.29) is 18.0 Å². The summed E-state index contributed by atoms with van der Waals surface area (Å²) in [6, 6.07) is 11.1. The summed E-state index contributed by atoms with van der Waals surface area (Å²) in [5.41, 5.74) is 0.869. The number of hydrogen-bond acceptors (Lipinski definition) is 8. The van der Waals surface area contributed by atoms with Crippen molar-refractivity contribution in [3.63, 3.8) is 0 Å². The molecule has 1 amide bonds. The van der Waals surface area contributed by atoms with Crippen LogP contribution >= 0.6 is 11.3 Å². The summed E-state index contributed by atoms with van der Waals surface area (Å²) in [5, 5.41) is 12.2. The first-order valence-electron chi connectivity index (χ1n) is 12.6. The first-order valence-corrected chi connectivity index (χ1v) is 14.9. The summed E-state index contributed by atoms with van der Waals surface area (Å²) < 4.78 is 34.4. The number of rotatable bonds is 8. The van der Waals surface area contributed by atoms with Gasteiger partial charge in [0.05, 0.1) is 24.9 Å². The van der Waals surface area contributed by atoms with Gasteiger partial charge in [-0.15, -0.1) is 11.3 Å². The molecule has 2 aromatic rings. The Hall–Kier alpha value is -2.02. The van der Waals surface area contributed by atoms with E-state index in [1.807, 2.05) is 24.3 Å². The van der Waals surface area contributed by atoms with Gasteiger partial charge >= 0.3 is 0 Å². The number of aliphatic hydroxyl groups is 1. The van der Waals surface area contributed by atoms with Crippen molar-refractivity contribution < 1.29 is 23.1 Å². The van der Waals surface area contributed by atoms with E-state index in [0.717, 1.165) is 11.3 Å². The molecule has 3 heterocycles. The van der Waals surface area contributed by atoms with Gasteiger partial charge in [0.15, 0.2) is 0 Å². The zero-order valence-corrected chi connectivity index (χ0v) is 23.7. The summed E-state index contributed by atoms with van der Waals surface area (Å²) >= 11 is 1.24. The fourth-order valence-electron chi connectivity index (χ4n) is 4.91. The first kappa shape index (κ1) is 28.0. The molecule has 2 aliphatic heterocycles. The molecule has 2 aliphatic rings. The molecule has 11 heteroatoms. The summed E-state index contributed by atoms with van der Waals surface area (Å²) in [6.07, 6.45) is 0.358. The van der Waals surface area contributed by atoms with Gasteiger partial charge in [0.2, 0.25) is 5.91 Å². The second-order valence-corrected chi connectivity index (χ2v) is 13.6. The Bertz CT molecular complexity index is 1150. The minimum atomic E-state index is -3.58. The van der Waals surface area contributed by atoms with Crippen LogP contribution in [0.15, 0.2) is 46.0 Å². The smallest absolute Gasteiger partial charge is 0.252 e. The van der Waals surface area contributed by atoms with Crippen LogP contribution in [-0.4, -0.2) is 106 Å². The number of carbonyl (C=O) groups excluding carboxylic acids is 1. The van der Waals surface area contributed by atoms with E-state index < -0.39 is 15.6 Å². The maximum Gasteiger partial charge on any atom is 0.252 e. The Morgan fingerprint density at radius 2 is 1.86 bits per heavy atom. The van der Waals surface area contributed by atoms with E-state index in [1.54, 1.807) is 54.7 Å². The molecule has 1 aromatic carbocycles. The average Bonchev–Trinajstić information content (AvgIpc) is 3.41. The van der Waals surface area contributed by atoms with Gasteiger partial charge in [0, 0.05) is 65.0 Å². The molecular formula is C26H38N4O5S2. The molecule has 0 spiro atoms. The van der Waals surface area contributed by atoms with Crippen LogP contribution in [0.2, 0.25) is 0 Å². The highest BCUT2D eigenvalue weighted by molar-refractivity contribution is 7.91. The monoisotopic (exact) mass is 550 g/mol. The summed E-state index contributed by atoms with van der Waals surface area (Å²) in [6.45, 7) is 7.14. The number of piperazine rings is 1. The molecule has 0 radical (unpaired) electrons. The predicted molar refractivity (Wildman–Crippen MR) is 145 cm³/mol. The van der Waals surface area contributed by atoms with Gasteiger partial charge in [0.25, 0.3) is 10.0 Å². The predicted octanol–water partition coefficient (Wildman–Crippen LogP) is 2.03. The van der Waals surface area contributed by atoms with Crippen molar-refractivity contribution in [3.8, 4) is 0 Å². The van der Waals surface area contributed by atoms with Crippen LogP contribution in [0.25, 0.3) is 0 Å². The van der Waals surface area contributed by atoms with Crippen LogP contribution in [0.1, 0.15) is 25.8 Å². The second kappa shape index (κ2) is 11.4. The molecule has 2 saturated heterocycles. The number of sulfonamides is 1. The summed E-state index contributed by atoms with van der Waals surface area (Å²) in [7, 11) is -0.0721. The Kier molecular flexibility index (Phi) is 8.61. The maximum absolute atomic E-state index is 13.4. The maximum atomic E-state index is 13.4. The first-order chi connectivity index (χ1) is 17.5. The zero-order valence-electron chi connectivity index (χ0n) is 22.0. The number of thiophene rings is 1. The van der Waals surface area contributed by atoms with E-state index in [1.165, 1.54) is 11.3 Å². The quantitative estimate of drug-likeness (QED) is 0.538. The minimum absolute atomic E-state index is 0.0464. The van der Waals surface area contributed by atoms with Crippen molar-refractivity contribution in [3.05, 3.63) is 47.3 Å². The highest BCUT2D eigenvalue weighted by Crippen LogP contribution is 2.29. The number of amides is 1. The number of carbonyl (C=O) groups is 1. The van der Waals surface area contributed by atoms with Crippen LogP contribution in [0.3, 0.4) is 0 Å². The van der Waals surface area contributed by atoms with Crippen LogP contribution in [0.5, 0.6) is 0 Å². The summed E-state index contributed by atoms with van der Waals surface area (Å²) in [4.78, 5) is 18.6. The van der Waals surface area contributed by atoms with Crippen LogP contribution in [-0.2, 0) is 25.2 Å². The fraction of sp³-hybridized carbons (Fsp3) is 0.577. The molecule has 0 bridgehead atoms. The van der Waals surface area contributed by atoms with Crippen LogP contribution in [0.4, 0.5) is 5.69 Å². The van der Waals surface area contributed by atoms with E-state index in [4.69, 9.17) is 4.74 Å². The number of morpholine rings is 1. The zero-order chi connectivity index (χ0) is 26.8. The van der Waals surface area contributed by atoms with Gasteiger partial charge in [0.1, 0.15) is 4.21 Å². The molecule has 1 unspecified atom stereocenters. The van der Waals surface area contributed by atoms with Gasteiger partial charge in [-0.05, 0) is 43.0 Å². The minimum Gasteiger partial charge on any atom is -0.386 e. The van der Waals surface area contributed by atoms with E-state index in [0.29, 0.717) is 56.6 Å². The molecule has 2 fully saturated rings.